The van der Waals surface area contributed by atoms with Crippen LogP contribution in [-0.2, 0) is 0 Å². The van der Waals surface area contributed by atoms with Crippen molar-refractivity contribution in [3.63, 3.8) is 0 Å². The molecule has 0 amide bonds. The summed E-state index contributed by atoms with van der Waals surface area (Å²) in [6, 6.07) is 7.24. The van der Waals surface area contributed by atoms with Crippen molar-refractivity contribution in [3.05, 3.63) is 49.6 Å². The topological polar surface area (TPSA) is 26.3 Å². The Morgan fingerprint density at radius 1 is 1.37 bits per heavy atom. The molecule has 2 aromatic rings. The Morgan fingerprint density at radius 3 is 2.68 bits per heavy atom. The first-order valence-electron chi connectivity index (χ1n) is 5.02. The maximum absolute atomic E-state index is 12.1. The molecule has 0 bridgehead atoms. The highest BCUT2D eigenvalue weighted by atomic mass is 79.9. The van der Waals surface area contributed by atoms with Crippen LogP contribution in [0, 0.1) is 0 Å². The van der Waals surface area contributed by atoms with Crippen LogP contribution in [0.4, 0.5) is 8.78 Å². The Labute approximate surface area is 125 Å². The number of ketones is 1. The van der Waals surface area contributed by atoms with Crippen molar-refractivity contribution in [2.45, 2.75) is 6.61 Å². The van der Waals surface area contributed by atoms with Crippen molar-refractivity contribution in [1.82, 2.24) is 0 Å². The molecule has 0 atom stereocenters. The normalized spacial score (nSPS) is 10.8. The third-order valence-corrected chi connectivity index (χ3v) is 4.66. The quantitative estimate of drug-likeness (QED) is 0.711. The monoisotopic (exact) mass is 366 g/mol. The largest absolute Gasteiger partial charge is 0.435 e. The molecule has 100 valence electrons. The van der Waals surface area contributed by atoms with E-state index in [1.807, 2.05) is 0 Å². The molecule has 0 saturated carbocycles. The van der Waals surface area contributed by atoms with Gasteiger partial charge in [-0.05, 0) is 34.1 Å². The Balaban J connectivity index is 2.28. The van der Waals surface area contributed by atoms with E-state index in [1.54, 1.807) is 6.07 Å². The van der Waals surface area contributed by atoms with E-state index in [0.29, 0.717) is 13.7 Å². The van der Waals surface area contributed by atoms with E-state index in [1.165, 1.54) is 24.3 Å². The summed E-state index contributed by atoms with van der Waals surface area (Å²) in [5.41, 5.74) is 0.267. The highest BCUT2D eigenvalue weighted by Gasteiger charge is 2.15. The summed E-state index contributed by atoms with van der Waals surface area (Å²) >= 11 is 10.2. The van der Waals surface area contributed by atoms with E-state index >= 15 is 0 Å². The first kappa shape index (κ1) is 14.4. The van der Waals surface area contributed by atoms with Crippen molar-refractivity contribution in [1.29, 1.82) is 0 Å². The van der Waals surface area contributed by atoms with E-state index in [0.717, 1.165) is 11.3 Å². The highest BCUT2D eigenvalue weighted by molar-refractivity contribution is 9.10. The number of carbonyl (C=O) groups is 1. The molecule has 0 aliphatic rings. The van der Waals surface area contributed by atoms with Crippen molar-refractivity contribution in [2.24, 2.45) is 0 Å². The van der Waals surface area contributed by atoms with Crippen LogP contribution in [-0.4, -0.2) is 12.4 Å². The summed E-state index contributed by atoms with van der Waals surface area (Å²) in [7, 11) is 0. The minimum absolute atomic E-state index is 0.0532. The summed E-state index contributed by atoms with van der Waals surface area (Å²) in [6.45, 7) is -2.92. The van der Waals surface area contributed by atoms with Crippen molar-refractivity contribution in [2.75, 3.05) is 0 Å². The molecule has 0 N–H and O–H groups in total. The zero-order valence-electron chi connectivity index (χ0n) is 9.20. The van der Waals surface area contributed by atoms with Crippen molar-refractivity contribution < 1.29 is 18.3 Å². The van der Waals surface area contributed by atoms with E-state index in [4.69, 9.17) is 11.6 Å². The average molecular weight is 368 g/mol. The van der Waals surface area contributed by atoms with Crippen LogP contribution in [0.2, 0.25) is 4.34 Å². The van der Waals surface area contributed by atoms with Gasteiger partial charge in [0.2, 0.25) is 5.78 Å². The molecule has 19 heavy (non-hydrogen) atoms. The lowest BCUT2D eigenvalue weighted by molar-refractivity contribution is -0.0498. The zero-order chi connectivity index (χ0) is 14.0. The van der Waals surface area contributed by atoms with Gasteiger partial charge in [0.15, 0.2) is 0 Å². The first-order chi connectivity index (χ1) is 8.97. The number of hydrogen-bond donors (Lipinski definition) is 0. The van der Waals surface area contributed by atoms with Gasteiger partial charge in [-0.1, -0.05) is 23.7 Å². The molecular formula is C12H6BrClF2O2S. The zero-order valence-corrected chi connectivity index (χ0v) is 12.4. The third kappa shape index (κ3) is 3.52. The van der Waals surface area contributed by atoms with Gasteiger partial charge in [0, 0.05) is 10.0 Å². The molecule has 0 spiro atoms. The lowest BCUT2D eigenvalue weighted by Gasteiger charge is -2.05. The predicted molar refractivity (Wildman–Crippen MR) is 73.5 cm³/mol. The van der Waals surface area contributed by atoms with Crippen LogP contribution in [0.15, 0.2) is 34.8 Å². The van der Waals surface area contributed by atoms with Crippen molar-refractivity contribution >= 4 is 44.7 Å². The molecule has 0 aliphatic carbocycles. The van der Waals surface area contributed by atoms with Gasteiger partial charge in [-0.15, -0.1) is 11.3 Å². The van der Waals surface area contributed by atoms with Gasteiger partial charge >= 0.3 is 6.61 Å². The Morgan fingerprint density at radius 2 is 2.11 bits per heavy atom. The molecule has 7 heteroatoms. The summed E-state index contributed by atoms with van der Waals surface area (Å²) in [6.07, 6.45) is 0. The second kappa shape index (κ2) is 5.98. The molecule has 0 unspecified atom stereocenters. The van der Waals surface area contributed by atoms with Crippen LogP contribution >= 0.6 is 38.9 Å². The van der Waals surface area contributed by atoms with Crippen LogP contribution in [0.5, 0.6) is 5.75 Å². The number of hydrogen-bond acceptors (Lipinski definition) is 3. The second-order valence-electron chi connectivity index (χ2n) is 3.47. The van der Waals surface area contributed by atoms with Gasteiger partial charge in [-0.3, -0.25) is 4.79 Å². The smallest absolute Gasteiger partial charge is 0.387 e. The Bertz CT molecular complexity index is 596. The summed E-state index contributed by atoms with van der Waals surface area (Å²) < 4.78 is 29.5. The van der Waals surface area contributed by atoms with Gasteiger partial charge in [0.1, 0.15) is 10.1 Å². The van der Waals surface area contributed by atoms with Crippen molar-refractivity contribution in [3.8, 4) is 5.75 Å². The minimum atomic E-state index is -2.92. The Hall–Kier alpha value is -0.980. The standard InChI is InChI=1S/C12H6BrClF2O2S/c13-8-5-9(19-11(8)14)10(17)6-2-1-3-7(4-6)18-12(15)16/h1-5,12H. The fourth-order valence-corrected chi connectivity index (χ4v) is 3.08. The maximum Gasteiger partial charge on any atom is 0.387 e. The fraction of sp³-hybridized carbons (Fsp3) is 0.0833. The van der Waals surface area contributed by atoms with Crippen LogP contribution in [0.1, 0.15) is 15.2 Å². The average Bonchev–Trinajstić information content (AvgIpc) is 2.68. The molecule has 2 rings (SSSR count). The molecule has 0 radical (unpaired) electrons. The lowest BCUT2D eigenvalue weighted by Crippen LogP contribution is -2.04. The minimum Gasteiger partial charge on any atom is -0.435 e. The lowest BCUT2D eigenvalue weighted by atomic mass is 10.1. The first-order valence-corrected chi connectivity index (χ1v) is 7.00. The molecule has 2 nitrogen and oxygen atoms in total. The van der Waals surface area contributed by atoms with Gasteiger partial charge in [0.05, 0.1) is 4.88 Å². The second-order valence-corrected chi connectivity index (χ2v) is 5.98. The molecule has 1 aromatic heterocycles. The third-order valence-electron chi connectivity index (χ3n) is 2.19. The number of halogens is 4. The number of thiophene rings is 1. The number of rotatable bonds is 4. The van der Waals surface area contributed by atoms with Gasteiger partial charge in [0.25, 0.3) is 0 Å². The van der Waals surface area contributed by atoms with E-state index < -0.39 is 6.61 Å². The maximum atomic E-state index is 12.1. The molecule has 1 aromatic carbocycles. The number of ether oxygens (including phenoxy) is 1. The van der Waals surface area contributed by atoms with Gasteiger partial charge in [-0.2, -0.15) is 8.78 Å². The number of carbonyl (C=O) groups excluding carboxylic acids is 1. The van der Waals surface area contributed by atoms with Crippen LogP contribution < -0.4 is 4.74 Å². The van der Waals surface area contributed by atoms with Gasteiger partial charge in [-0.25, -0.2) is 0 Å². The van der Waals surface area contributed by atoms with E-state index in [2.05, 4.69) is 20.7 Å². The fourth-order valence-electron chi connectivity index (χ4n) is 1.41. The SMILES string of the molecule is O=C(c1cccc(OC(F)F)c1)c1cc(Br)c(Cl)s1. The Kier molecular flexibility index (Phi) is 4.54. The van der Waals surface area contributed by atoms with Crippen LogP contribution in [0.25, 0.3) is 0 Å². The van der Waals surface area contributed by atoms with E-state index in [-0.39, 0.29) is 17.1 Å². The number of benzene rings is 1. The van der Waals surface area contributed by atoms with Gasteiger partial charge < -0.3 is 4.74 Å². The molecule has 0 saturated heterocycles. The van der Waals surface area contributed by atoms with Crippen LogP contribution in [0.3, 0.4) is 0 Å². The molecule has 0 aliphatic heterocycles. The summed E-state index contributed by atoms with van der Waals surface area (Å²) in [4.78, 5) is 12.6. The molecule has 0 fully saturated rings. The molecule has 1 heterocycles. The summed E-state index contributed by atoms with van der Waals surface area (Å²) in [5.74, 6) is -0.347. The summed E-state index contributed by atoms with van der Waals surface area (Å²) in [5, 5.41) is 0. The number of alkyl halides is 2. The highest BCUT2D eigenvalue weighted by Crippen LogP contribution is 2.33. The van der Waals surface area contributed by atoms with E-state index in [9.17, 15) is 13.6 Å². The molecular weight excluding hydrogens is 362 g/mol. The predicted octanol–water partition coefficient (Wildman–Crippen LogP) is 5.00.